The molecule has 0 radical (unpaired) electrons. The van der Waals surface area contributed by atoms with Gasteiger partial charge in [-0.15, -0.1) is 0 Å². The summed E-state index contributed by atoms with van der Waals surface area (Å²) >= 11 is 0. The van der Waals surface area contributed by atoms with Crippen LogP contribution in [-0.2, 0) is 4.74 Å². The minimum absolute atomic E-state index is 0.309. The quantitative estimate of drug-likeness (QED) is 0.348. The molecule has 1 aromatic carbocycles. The van der Waals surface area contributed by atoms with E-state index in [1.54, 1.807) is 29.8 Å². The fourth-order valence-corrected chi connectivity index (χ4v) is 2.40. The molecule has 0 atom stereocenters. The van der Waals surface area contributed by atoms with Gasteiger partial charge < -0.3 is 9.94 Å². The molecule has 2 aromatic heterocycles. The first-order chi connectivity index (χ1) is 11.2. The molecular formula is C17H15N3O3. The van der Waals surface area contributed by atoms with Gasteiger partial charge in [-0.1, -0.05) is 35.5 Å². The Balaban J connectivity index is 2.19. The van der Waals surface area contributed by atoms with Crippen LogP contribution >= 0.6 is 0 Å². The maximum atomic E-state index is 11.9. The molecule has 0 saturated heterocycles. The molecule has 0 unspecified atom stereocenters. The van der Waals surface area contributed by atoms with Gasteiger partial charge in [-0.3, -0.25) is 0 Å². The molecule has 0 amide bonds. The third-order valence-electron chi connectivity index (χ3n) is 3.42. The van der Waals surface area contributed by atoms with Crippen molar-refractivity contribution in [1.29, 1.82) is 0 Å². The van der Waals surface area contributed by atoms with Crippen LogP contribution in [0, 0.1) is 0 Å². The Morgan fingerprint density at radius 3 is 2.83 bits per heavy atom. The number of rotatable bonds is 4. The largest absolute Gasteiger partial charge is 0.462 e. The van der Waals surface area contributed by atoms with Crippen LogP contribution in [0.25, 0.3) is 16.8 Å². The van der Waals surface area contributed by atoms with Gasteiger partial charge in [0.25, 0.3) is 0 Å². The number of aromatic nitrogens is 2. The molecule has 116 valence electrons. The van der Waals surface area contributed by atoms with Gasteiger partial charge in [0.15, 0.2) is 0 Å². The summed E-state index contributed by atoms with van der Waals surface area (Å²) in [4.78, 5) is 11.9. The van der Waals surface area contributed by atoms with Crippen LogP contribution in [0.5, 0.6) is 0 Å². The Labute approximate surface area is 132 Å². The van der Waals surface area contributed by atoms with Crippen molar-refractivity contribution in [1.82, 2.24) is 9.61 Å². The molecule has 3 aromatic rings. The van der Waals surface area contributed by atoms with Crippen LogP contribution in [0.1, 0.15) is 22.8 Å². The number of carbonyl (C=O) groups is 1. The summed E-state index contributed by atoms with van der Waals surface area (Å²) in [5.74, 6) is -0.399. The summed E-state index contributed by atoms with van der Waals surface area (Å²) in [7, 11) is 0. The standard InChI is InChI=1S/C17H15N3O3/c1-2-23-17(21)13-8-9-20-15(10-13)14(11-18-22)16(19-20)12-6-4-3-5-7-12/h3-11,22H,2H2,1H3/b18-11+. The van der Waals surface area contributed by atoms with E-state index in [0.29, 0.717) is 28.9 Å². The van der Waals surface area contributed by atoms with Crippen molar-refractivity contribution in [2.75, 3.05) is 6.61 Å². The number of fused-ring (bicyclic) bond motifs is 1. The predicted octanol–water partition coefficient (Wildman–Crippen LogP) is 2.99. The SMILES string of the molecule is CCOC(=O)c1ccn2nc(-c3ccccc3)c(/C=N/O)c2c1. The number of hydrogen-bond donors (Lipinski definition) is 1. The molecule has 0 bridgehead atoms. The fourth-order valence-electron chi connectivity index (χ4n) is 2.40. The van der Waals surface area contributed by atoms with Gasteiger partial charge >= 0.3 is 5.97 Å². The van der Waals surface area contributed by atoms with Crippen LogP contribution in [-0.4, -0.2) is 33.6 Å². The maximum absolute atomic E-state index is 11.9. The molecule has 0 aliphatic heterocycles. The zero-order chi connectivity index (χ0) is 16.2. The molecule has 0 aliphatic rings. The molecule has 2 heterocycles. The van der Waals surface area contributed by atoms with Crippen molar-refractivity contribution in [3.63, 3.8) is 0 Å². The van der Waals surface area contributed by atoms with E-state index in [0.717, 1.165) is 5.56 Å². The molecular weight excluding hydrogens is 294 g/mol. The van der Waals surface area contributed by atoms with Gasteiger partial charge in [0, 0.05) is 11.8 Å². The van der Waals surface area contributed by atoms with Crippen LogP contribution in [0.15, 0.2) is 53.8 Å². The van der Waals surface area contributed by atoms with Crippen LogP contribution in [0.3, 0.4) is 0 Å². The Bertz CT molecular complexity index is 869. The number of pyridine rings is 1. The number of benzene rings is 1. The molecule has 6 heteroatoms. The van der Waals surface area contributed by atoms with E-state index in [-0.39, 0.29) is 0 Å². The summed E-state index contributed by atoms with van der Waals surface area (Å²) in [6, 6.07) is 12.9. The second kappa shape index (κ2) is 6.31. The number of hydrogen-bond acceptors (Lipinski definition) is 5. The van der Waals surface area contributed by atoms with Crippen LogP contribution in [0.4, 0.5) is 0 Å². The minimum atomic E-state index is -0.399. The number of nitrogens with zero attached hydrogens (tertiary/aromatic N) is 3. The Morgan fingerprint density at radius 1 is 1.35 bits per heavy atom. The zero-order valence-electron chi connectivity index (χ0n) is 12.5. The van der Waals surface area contributed by atoms with Crippen LogP contribution in [0.2, 0.25) is 0 Å². The van der Waals surface area contributed by atoms with Crippen molar-refractivity contribution in [3.05, 3.63) is 59.8 Å². The van der Waals surface area contributed by atoms with Gasteiger partial charge in [-0.05, 0) is 19.1 Å². The molecule has 6 nitrogen and oxygen atoms in total. The van der Waals surface area contributed by atoms with Crippen molar-refractivity contribution in [2.45, 2.75) is 6.92 Å². The summed E-state index contributed by atoms with van der Waals surface area (Å²) in [5, 5.41) is 16.6. The number of carbonyl (C=O) groups excluding carboxylic acids is 1. The van der Waals surface area contributed by atoms with E-state index in [9.17, 15) is 4.79 Å². The van der Waals surface area contributed by atoms with Crippen molar-refractivity contribution < 1.29 is 14.7 Å². The number of oxime groups is 1. The second-order valence-electron chi connectivity index (χ2n) is 4.84. The van der Waals surface area contributed by atoms with E-state index in [4.69, 9.17) is 9.94 Å². The first kappa shape index (κ1) is 14.8. The highest BCUT2D eigenvalue weighted by molar-refractivity contribution is 5.99. The average Bonchev–Trinajstić information content (AvgIpc) is 2.94. The van der Waals surface area contributed by atoms with E-state index in [1.807, 2.05) is 30.3 Å². The molecule has 0 spiro atoms. The molecule has 0 fully saturated rings. The molecule has 1 N–H and O–H groups in total. The first-order valence-corrected chi connectivity index (χ1v) is 7.17. The van der Waals surface area contributed by atoms with Crippen molar-refractivity contribution in [3.8, 4) is 11.3 Å². The van der Waals surface area contributed by atoms with E-state index >= 15 is 0 Å². The number of ether oxygens (including phenoxy) is 1. The smallest absolute Gasteiger partial charge is 0.338 e. The Kier molecular flexibility index (Phi) is 4.05. The average molecular weight is 309 g/mol. The topological polar surface area (TPSA) is 76.2 Å². The third-order valence-corrected chi connectivity index (χ3v) is 3.42. The lowest BCUT2D eigenvalue weighted by molar-refractivity contribution is 0.0526. The van der Waals surface area contributed by atoms with Gasteiger partial charge in [0.05, 0.1) is 29.5 Å². The van der Waals surface area contributed by atoms with Crippen molar-refractivity contribution in [2.24, 2.45) is 5.16 Å². The summed E-state index contributed by atoms with van der Waals surface area (Å²) in [5.41, 5.74) is 3.27. The van der Waals surface area contributed by atoms with Crippen molar-refractivity contribution >= 4 is 17.7 Å². The summed E-state index contributed by atoms with van der Waals surface area (Å²) < 4.78 is 6.66. The lowest BCUT2D eigenvalue weighted by Gasteiger charge is -2.02. The van der Waals surface area contributed by atoms with Gasteiger partial charge in [0.1, 0.15) is 5.69 Å². The Hall–Kier alpha value is -3.15. The highest BCUT2D eigenvalue weighted by Gasteiger charge is 2.15. The van der Waals surface area contributed by atoms with E-state index < -0.39 is 5.97 Å². The second-order valence-corrected chi connectivity index (χ2v) is 4.84. The van der Waals surface area contributed by atoms with Gasteiger partial charge in [-0.25, -0.2) is 9.31 Å². The molecule has 0 aliphatic carbocycles. The van der Waals surface area contributed by atoms with Gasteiger partial charge in [-0.2, -0.15) is 5.10 Å². The maximum Gasteiger partial charge on any atom is 0.338 e. The Morgan fingerprint density at radius 2 is 2.13 bits per heavy atom. The molecule has 0 saturated carbocycles. The minimum Gasteiger partial charge on any atom is -0.462 e. The van der Waals surface area contributed by atoms with Gasteiger partial charge in [0.2, 0.25) is 0 Å². The molecule has 3 rings (SSSR count). The highest BCUT2D eigenvalue weighted by Crippen LogP contribution is 2.25. The third kappa shape index (κ3) is 2.78. The lowest BCUT2D eigenvalue weighted by Crippen LogP contribution is -2.05. The number of esters is 1. The zero-order valence-corrected chi connectivity index (χ0v) is 12.5. The first-order valence-electron chi connectivity index (χ1n) is 7.17. The van der Waals surface area contributed by atoms with Crippen LogP contribution < -0.4 is 0 Å². The van der Waals surface area contributed by atoms with E-state index in [1.165, 1.54) is 6.21 Å². The lowest BCUT2D eigenvalue weighted by atomic mass is 10.1. The highest BCUT2D eigenvalue weighted by atomic mass is 16.5. The monoisotopic (exact) mass is 309 g/mol. The summed E-state index contributed by atoms with van der Waals surface area (Å²) in [6.45, 7) is 2.07. The molecule has 23 heavy (non-hydrogen) atoms. The fraction of sp³-hybridized carbons (Fsp3) is 0.118. The van der Waals surface area contributed by atoms with E-state index in [2.05, 4.69) is 10.3 Å². The normalized spacial score (nSPS) is 11.2. The summed E-state index contributed by atoms with van der Waals surface area (Å²) in [6.07, 6.45) is 3.00. The predicted molar refractivity (Wildman–Crippen MR) is 86.0 cm³/mol.